The van der Waals surface area contributed by atoms with E-state index in [4.69, 9.17) is 0 Å². The Labute approximate surface area is 127 Å². The van der Waals surface area contributed by atoms with Gasteiger partial charge in [0.2, 0.25) is 0 Å². The third kappa shape index (κ3) is 4.51. The highest BCUT2D eigenvalue weighted by molar-refractivity contribution is 7.87. The first-order chi connectivity index (χ1) is 10.0. The van der Waals surface area contributed by atoms with E-state index >= 15 is 0 Å². The number of nitrogens with one attached hydrogen (secondary N) is 1. The van der Waals surface area contributed by atoms with Crippen LogP contribution in [0.2, 0.25) is 0 Å². The molecule has 1 aliphatic rings. The average Bonchev–Trinajstić information content (AvgIpc) is 2.47. The normalized spacial score (nSPS) is 22.1. The molecule has 2 unspecified atom stereocenters. The molecule has 2 N–H and O–H groups in total. The molecular weight excluding hydrogens is 288 g/mol. The number of hydrogen-bond donors (Lipinski definition) is 2. The average molecular weight is 312 g/mol. The number of benzene rings is 1. The lowest BCUT2D eigenvalue weighted by Gasteiger charge is -2.33. The Morgan fingerprint density at radius 3 is 2.67 bits per heavy atom. The second kappa shape index (κ2) is 7.35. The zero-order valence-corrected chi connectivity index (χ0v) is 13.2. The largest absolute Gasteiger partial charge is 0.395 e. The van der Waals surface area contributed by atoms with Crippen LogP contribution in [0.15, 0.2) is 30.3 Å². The minimum absolute atomic E-state index is 0.0207. The van der Waals surface area contributed by atoms with Crippen LogP contribution in [0.4, 0.5) is 0 Å². The summed E-state index contributed by atoms with van der Waals surface area (Å²) in [6, 6.07) is 9.12. The van der Waals surface area contributed by atoms with Gasteiger partial charge >= 0.3 is 0 Å². The lowest BCUT2D eigenvalue weighted by molar-refractivity contribution is 0.240. The minimum atomic E-state index is -3.54. The van der Waals surface area contributed by atoms with Crippen LogP contribution in [-0.4, -0.2) is 43.1 Å². The maximum Gasteiger partial charge on any atom is 0.280 e. The van der Waals surface area contributed by atoms with E-state index in [9.17, 15) is 13.5 Å². The third-order valence-corrected chi connectivity index (χ3v) is 5.70. The standard InChI is InChI=1S/C15H24N2O3S/c1-13-7-5-6-10-17(13)21(19,20)16-15(12-18)11-14-8-3-2-4-9-14/h2-4,8-9,13,15-16,18H,5-7,10-12H2,1H3. The van der Waals surface area contributed by atoms with Gasteiger partial charge in [-0.3, -0.25) is 0 Å². The van der Waals surface area contributed by atoms with Crippen LogP contribution < -0.4 is 4.72 Å². The molecule has 0 aromatic heterocycles. The Hall–Kier alpha value is -0.950. The van der Waals surface area contributed by atoms with Crippen LogP contribution >= 0.6 is 0 Å². The molecule has 0 radical (unpaired) electrons. The first-order valence-corrected chi connectivity index (χ1v) is 8.91. The third-order valence-electron chi connectivity index (χ3n) is 3.91. The van der Waals surface area contributed by atoms with E-state index in [0.717, 1.165) is 24.8 Å². The van der Waals surface area contributed by atoms with E-state index < -0.39 is 16.3 Å². The van der Waals surface area contributed by atoms with Gasteiger partial charge in [-0.25, -0.2) is 0 Å². The van der Waals surface area contributed by atoms with Crippen LogP contribution in [0.25, 0.3) is 0 Å². The van der Waals surface area contributed by atoms with E-state index in [0.29, 0.717) is 13.0 Å². The van der Waals surface area contributed by atoms with Crippen LogP contribution in [0, 0.1) is 0 Å². The van der Waals surface area contributed by atoms with E-state index in [1.165, 1.54) is 4.31 Å². The fourth-order valence-electron chi connectivity index (χ4n) is 2.75. The SMILES string of the molecule is CC1CCCCN1S(=O)(=O)NC(CO)Cc1ccccc1. The maximum absolute atomic E-state index is 12.5. The number of aliphatic hydroxyl groups excluding tert-OH is 1. The Kier molecular flexibility index (Phi) is 5.75. The smallest absolute Gasteiger partial charge is 0.280 e. The van der Waals surface area contributed by atoms with E-state index in [1.54, 1.807) is 0 Å². The molecular formula is C15H24N2O3S. The second-order valence-corrected chi connectivity index (χ2v) is 7.30. The van der Waals surface area contributed by atoms with Crippen molar-refractivity contribution >= 4 is 10.2 Å². The fourth-order valence-corrected chi connectivity index (χ4v) is 4.41. The van der Waals surface area contributed by atoms with Crippen molar-refractivity contribution in [3.8, 4) is 0 Å². The van der Waals surface area contributed by atoms with Gasteiger partial charge in [0.25, 0.3) is 10.2 Å². The number of hydrogen-bond acceptors (Lipinski definition) is 3. The van der Waals surface area contributed by atoms with Crippen molar-refractivity contribution in [1.82, 2.24) is 9.03 Å². The Bertz CT molecular complexity index is 533. The first kappa shape index (κ1) is 16.4. The summed E-state index contributed by atoms with van der Waals surface area (Å²) in [5.74, 6) is 0. The molecule has 1 aliphatic heterocycles. The molecule has 2 rings (SSSR count). The molecule has 118 valence electrons. The molecule has 0 bridgehead atoms. The molecule has 1 aromatic carbocycles. The second-order valence-electron chi connectivity index (χ2n) is 5.65. The highest BCUT2D eigenvalue weighted by Crippen LogP contribution is 2.19. The van der Waals surface area contributed by atoms with E-state index in [1.807, 2.05) is 37.3 Å². The van der Waals surface area contributed by atoms with Gasteiger partial charge in [0, 0.05) is 12.6 Å². The van der Waals surface area contributed by atoms with Crippen molar-refractivity contribution in [3.63, 3.8) is 0 Å². The summed E-state index contributed by atoms with van der Waals surface area (Å²) in [6.45, 7) is 2.28. The van der Waals surface area contributed by atoms with Crippen LogP contribution in [0.5, 0.6) is 0 Å². The summed E-state index contributed by atoms with van der Waals surface area (Å²) in [4.78, 5) is 0. The van der Waals surface area contributed by atoms with Gasteiger partial charge in [-0.2, -0.15) is 17.4 Å². The summed E-state index contributed by atoms with van der Waals surface area (Å²) in [5, 5.41) is 9.47. The van der Waals surface area contributed by atoms with Gasteiger partial charge in [0.15, 0.2) is 0 Å². The lowest BCUT2D eigenvalue weighted by atomic mass is 10.1. The number of nitrogens with zero attached hydrogens (tertiary/aromatic N) is 1. The summed E-state index contributed by atoms with van der Waals surface area (Å²) in [6.07, 6.45) is 3.34. The summed E-state index contributed by atoms with van der Waals surface area (Å²) >= 11 is 0. The van der Waals surface area contributed by atoms with Crippen molar-refractivity contribution < 1.29 is 13.5 Å². The fraction of sp³-hybridized carbons (Fsp3) is 0.600. The summed E-state index contributed by atoms with van der Waals surface area (Å²) in [7, 11) is -3.54. The number of aliphatic hydroxyl groups is 1. The van der Waals surface area contributed by atoms with Gasteiger partial charge < -0.3 is 5.11 Å². The molecule has 21 heavy (non-hydrogen) atoms. The van der Waals surface area contributed by atoms with Crippen LogP contribution in [0.1, 0.15) is 31.7 Å². The molecule has 1 saturated heterocycles. The van der Waals surface area contributed by atoms with Gasteiger partial charge in [0.05, 0.1) is 12.6 Å². The predicted octanol–water partition coefficient (Wildman–Crippen LogP) is 1.30. The van der Waals surface area contributed by atoms with Crippen molar-refractivity contribution in [1.29, 1.82) is 0 Å². The molecule has 0 amide bonds. The highest BCUT2D eigenvalue weighted by Gasteiger charge is 2.31. The lowest BCUT2D eigenvalue weighted by Crippen LogP contribution is -2.51. The van der Waals surface area contributed by atoms with Gasteiger partial charge in [0.1, 0.15) is 0 Å². The van der Waals surface area contributed by atoms with Crippen LogP contribution in [0.3, 0.4) is 0 Å². The van der Waals surface area contributed by atoms with E-state index in [2.05, 4.69) is 4.72 Å². The van der Waals surface area contributed by atoms with E-state index in [-0.39, 0.29) is 12.6 Å². The topological polar surface area (TPSA) is 69.6 Å². The molecule has 2 atom stereocenters. The number of rotatable bonds is 6. The first-order valence-electron chi connectivity index (χ1n) is 7.47. The zero-order valence-electron chi connectivity index (χ0n) is 12.4. The summed E-state index contributed by atoms with van der Waals surface area (Å²) in [5.41, 5.74) is 1.01. The zero-order chi connectivity index (χ0) is 15.3. The van der Waals surface area contributed by atoms with Gasteiger partial charge in [-0.05, 0) is 31.7 Å². The van der Waals surface area contributed by atoms with Crippen molar-refractivity contribution in [2.75, 3.05) is 13.2 Å². The molecule has 0 aliphatic carbocycles. The predicted molar refractivity (Wildman–Crippen MR) is 83.1 cm³/mol. The number of piperidine rings is 1. The quantitative estimate of drug-likeness (QED) is 0.832. The molecule has 0 spiro atoms. The summed E-state index contributed by atoms with van der Waals surface area (Å²) < 4.78 is 29.1. The molecule has 1 fully saturated rings. The molecule has 0 saturated carbocycles. The monoisotopic (exact) mass is 312 g/mol. The molecule has 6 heteroatoms. The highest BCUT2D eigenvalue weighted by atomic mass is 32.2. The Morgan fingerprint density at radius 1 is 1.33 bits per heavy atom. The molecule has 5 nitrogen and oxygen atoms in total. The molecule has 1 aromatic rings. The Balaban J connectivity index is 2.03. The maximum atomic E-state index is 12.5. The van der Waals surface area contributed by atoms with Gasteiger partial charge in [-0.1, -0.05) is 36.8 Å². The van der Waals surface area contributed by atoms with Crippen molar-refractivity contribution in [2.45, 2.75) is 44.7 Å². The minimum Gasteiger partial charge on any atom is -0.395 e. The molecule has 1 heterocycles. The van der Waals surface area contributed by atoms with Crippen molar-refractivity contribution in [3.05, 3.63) is 35.9 Å². The van der Waals surface area contributed by atoms with Crippen molar-refractivity contribution in [2.24, 2.45) is 0 Å². The van der Waals surface area contributed by atoms with Gasteiger partial charge in [-0.15, -0.1) is 0 Å². The van der Waals surface area contributed by atoms with Crippen LogP contribution in [-0.2, 0) is 16.6 Å². The Morgan fingerprint density at radius 2 is 2.05 bits per heavy atom.